The van der Waals surface area contributed by atoms with Gasteiger partial charge in [-0.2, -0.15) is 5.26 Å². The third-order valence-electron chi connectivity index (χ3n) is 1.97. The smallest absolute Gasteiger partial charge is 0.122 e. The van der Waals surface area contributed by atoms with Crippen molar-refractivity contribution in [1.82, 2.24) is 4.90 Å². The number of morpholine rings is 1. The van der Waals surface area contributed by atoms with Gasteiger partial charge in [0.15, 0.2) is 0 Å². The molecule has 0 aromatic heterocycles. The largest absolute Gasteiger partial charge is 0.383 e. The summed E-state index contributed by atoms with van der Waals surface area (Å²) in [6.45, 7) is 3.58. The lowest BCUT2D eigenvalue weighted by Crippen LogP contribution is -2.45. The molecule has 0 bridgehead atoms. The minimum absolute atomic E-state index is 0.0890. The Hall–Kier alpha value is -0.630. The van der Waals surface area contributed by atoms with Crippen molar-refractivity contribution in [3.8, 4) is 6.07 Å². The Morgan fingerprint density at radius 1 is 1.75 bits per heavy atom. The Labute approximate surface area is 72.7 Å². The molecule has 1 heterocycles. The van der Waals surface area contributed by atoms with Gasteiger partial charge in [-0.3, -0.25) is 4.90 Å². The highest BCUT2D eigenvalue weighted by Crippen LogP contribution is 2.04. The number of rotatable bonds is 3. The van der Waals surface area contributed by atoms with Crippen LogP contribution >= 0.6 is 0 Å². The lowest BCUT2D eigenvalue weighted by Gasteiger charge is -2.30. The zero-order valence-corrected chi connectivity index (χ0v) is 7.32. The minimum atomic E-state index is -0.0890. The molecule has 1 atom stereocenters. The fourth-order valence-electron chi connectivity index (χ4n) is 1.23. The summed E-state index contributed by atoms with van der Waals surface area (Å²) in [5.74, 6) is 0. The Kier molecular flexibility index (Phi) is 4.01. The Morgan fingerprint density at radius 2 is 2.58 bits per heavy atom. The van der Waals surface area contributed by atoms with Crippen LogP contribution in [0.2, 0.25) is 0 Å². The van der Waals surface area contributed by atoms with E-state index in [9.17, 15) is 0 Å². The van der Waals surface area contributed by atoms with Crippen LogP contribution in [-0.4, -0.2) is 51.0 Å². The molecule has 1 rings (SSSR count). The fraction of sp³-hybridized carbons (Fsp3) is 0.875. The van der Waals surface area contributed by atoms with Gasteiger partial charge in [0, 0.05) is 20.2 Å². The molecule has 12 heavy (non-hydrogen) atoms. The fourth-order valence-corrected chi connectivity index (χ4v) is 1.23. The molecule has 68 valence electrons. The van der Waals surface area contributed by atoms with E-state index in [2.05, 4.69) is 11.0 Å². The number of methoxy groups -OCH3 is 1. The first-order chi connectivity index (χ1) is 5.88. The van der Waals surface area contributed by atoms with Crippen molar-refractivity contribution >= 4 is 0 Å². The molecule has 0 radical (unpaired) electrons. The highest BCUT2D eigenvalue weighted by molar-refractivity contribution is 4.93. The number of ether oxygens (including phenoxy) is 2. The van der Waals surface area contributed by atoms with Crippen LogP contribution < -0.4 is 0 Å². The molecule has 0 aromatic carbocycles. The van der Waals surface area contributed by atoms with Gasteiger partial charge in [-0.15, -0.1) is 0 Å². The molecule has 0 aromatic rings. The molecule has 1 saturated heterocycles. The first kappa shape index (κ1) is 9.46. The quantitative estimate of drug-likeness (QED) is 0.591. The van der Waals surface area contributed by atoms with Gasteiger partial charge in [0.25, 0.3) is 0 Å². The number of nitrogens with zero attached hydrogens (tertiary/aromatic N) is 2. The molecule has 0 N–H and O–H groups in total. The van der Waals surface area contributed by atoms with Gasteiger partial charge in [-0.25, -0.2) is 0 Å². The van der Waals surface area contributed by atoms with E-state index < -0.39 is 0 Å². The van der Waals surface area contributed by atoms with Crippen LogP contribution in [0, 0.1) is 11.3 Å². The zero-order chi connectivity index (χ0) is 8.81. The van der Waals surface area contributed by atoms with Crippen LogP contribution in [0.25, 0.3) is 0 Å². The molecule has 1 unspecified atom stereocenters. The Balaban J connectivity index is 2.32. The van der Waals surface area contributed by atoms with Crippen molar-refractivity contribution in [2.45, 2.75) is 6.04 Å². The SMILES string of the molecule is COCCN1CCOCC1C#N. The van der Waals surface area contributed by atoms with E-state index in [0.717, 1.165) is 19.7 Å². The molecule has 0 aliphatic carbocycles. The lowest BCUT2D eigenvalue weighted by molar-refractivity contribution is 0.00266. The van der Waals surface area contributed by atoms with Gasteiger partial charge in [0.2, 0.25) is 0 Å². The summed E-state index contributed by atoms with van der Waals surface area (Å²) in [5, 5.41) is 8.75. The van der Waals surface area contributed by atoms with Crippen LogP contribution in [0.15, 0.2) is 0 Å². The summed E-state index contributed by atoms with van der Waals surface area (Å²) >= 11 is 0. The molecule has 1 fully saturated rings. The Bertz CT molecular complexity index is 167. The Morgan fingerprint density at radius 3 is 3.25 bits per heavy atom. The van der Waals surface area contributed by atoms with Crippen molar-refractivity contribution in [3.05, 3.63) is 0 Å². The van der Waals surface area contributed by atoms with Crippen molar-refractivity contribution in [2.24, 2.45) is 0 Å². The summed E-state index contributed by atoms with van der Waals surface area (Å²) in [4.78, 5) is 2.09. The predicted molar refractivity (Wildman–Crippen MR) is 43.7 cm³/mol. The number of nitriles is 1. The van der Waals surface area contributed by atoms with Crippen molar-refractivity contribution in [1.29, 1.82) is 5.26 Å². The highest BCUT2D eigenvalue weighted by Gasteiger charge is 2.21. The molecule has 4 heteroatoms. The van der Waals surface area contributed by atoms with Crippen molar-refractivity contribution in [3.63, 3.8) is 0 Å². The molecule has 4 nitrogen and oxygen atoms in total. The molecule has 0 spiro atoms. The van der Waals surface area contributed by atoms with Gasteiger partial charge in [-0.1, -0.05) is 0 Å². The van der Waals surface area contributed by atoms with Crippen LogP contribution in [0.3, 0.4) is 0 Å². The maximum absolute atomic E-state index is 8.75. The second-order valence-corrected chi connectivity index (χ2v) is 2.75. The molecule has 0 saturated carbocycles. The standard InChI is InChI=1S/C8H14N2O2/c1-11-4-2-10-3-5-12-7-8(10)6-9/h8H,2-5,7H2,1H3. The third-order valence-corrected chi connectivity index (χ3v) is 1.97. The van der Waals surface area contributed by atoms with E-state index in [1.54, 1.807) is 7.11 Å². The molecular formula is C8H14N2O2. The topological polar surface area (TPSA) is 45.5 Å². The summed E-state index contributed by atoms with van der Waals surface area (Å²) in [7, 11) is 1.67. The van der Waals surface area contributed by atoms with Crippen molar-refractivity contribution < 1.29 is 9.47 Å². The molecule has 0 amide bonds. The molecular weight excluding hydrogens is 156 g/mol. The van der Waals surface area contributed by atoms with Crippen molar-refractivity contribution in [2.75, 3.05) is 40.0 Å². The van der Waals surface area contributed by atoms with Crippen LogP contribution in [0.5, 0.6) is 0 Å². The monoisotopic (exact) mass is 170 g/mol. The third kappa shape index (κ3) is 2.45. The summed E-state index contributed by atoms with van der Waals surface area (Å²) < 4.78 is 10.1. The summed E-state index contributed by atoms with van der Waals surface area (Å²) in [6, 6.07) is 2.12. The highest BCUT2D eigenvalue weighted by atomic mass is 16.5. The van der Waals surface area contributed by atoms with E-state index in [0.29, 0.717) is 13.2 Å². The van der Waals surface area contributed by atoms with E-state index in [-0.39, 0.29) is 6.04 Å². The van der Waals surface area contributed by atoms with Gasteiger partial charge >= 0.3 is 0 Å². The van der Waals surface area contributed by atoms with E-state index in [4.69, 9.17) is 14.7 Å². The van der Waals surface area contributed by atoms with Crippen LogP contribution in [-0.2, 0) is 9.47 Å². The first-order valence-electron chi connectivity index (χ1n) is 4.09. The van der Waals surface area contributed by atoms with E-state index in [1.165, 1.54) is 0 Å². The minimum Gasteiger partial charge on any atom is -0.383 e. The van der Waals surface area contributed by atoms with Gasteiger partial charge < -0.3 is 9.47 Å². The van der Waals surface area contributed by atoms with E-state index >= 15 is 0 Å². The van der Waals surface area contributed by atoms with Gasteiger partial charge in [0.05, 0.1) is 25.9 Å². The maximum Gasteiger partial charge on any atom is 0.122 e. The number of hydrogen-bond acceptors (Lipinski definition) is 4. The average molecular weight is 170 g/mol. The number of hydrogen-bond donors (Lipinski definition) is 0. The van der Waals surface area contributed by atoms with Gasteiger partial charge in [-0.05, 0) is 0 Å². The van der Waals surface area contributed by atoms with Crippen LogP contribution in [0.1, 0.15) is 0 Å². The van der Waals surface area contributed by atoms with Gasteiger partial charge in [0.1, 0.15) is 6.04 Å². The normalized spacial score (nSPS) is 25.2. The second-order valence-electron chi connectivity index (χ2n) is 2.75. The lowest BCUT2D eigenvalue weighted by atomic mass is 10.2. The van der Waals surface area contributed by atoms with E-state index in [1.807, 2.05) is 0 Å². The maximum atomic E-state index is 8.75. The average Bonchev–Trinajstić information content (AvgIpc) is 2.15. The second kappa shape index (κ2) is 5.09. The predicted octanol–water partition coefficient (Wildman–Crippen LogP) is -0.143. The first-order valence-corrected chi connectivity index (χ1v) is 4.09. The molecule has 1 aliphatic rings. The zero-order valence-electron chi connectivity index (χ0n) is 7.32. The summed E-state index contributed by atoms with van der Waals surface area (Å²) in [5.41, 5.74) is 0. The molecule has 1 aliphatic heterocycles. The summed E-state index contributed by atoms with van der Waals surface area (Å²) in [6.07, 6.45) is 0. The van der Waals surface area contributed by atoms with Crippen LogP contribution in [0.4, 0.5) is 0 Å².